The molecule has 0 N–H and O–H groups in total. The van der Waals surface area contributed by atoms with E-state index in [0.717, 1.165) is 25.2 Å². The van der Waals surface area contributed by atoms with E-state index >= 15 is 0 Å². The average molecular weight is 289 g/mol. The van der Waals surface area contributed by atoms with E-state index in [1.54, 1.807) is 0 Å². The van der Waals surface area contributed by atoms with Crippen molar-refractivity contribution in [3.8, 4) is 16.9 Å². The fourth-order valence-electron chi connectivity index (χ4n) is 2.37. The first kappa shape index (κ1) is 14.9. The lowest BCUT2D eigenvalue weighted by Crippen LogP contribution is -1.97. The molecule has 0 saturated heterocycles. The number of ether oxygens (including phenoxy) is 1. The molecule has 0 fully saturated rings. The highest BCUT2D eigenvalue weighted by Crippen LogP contribution is 2.28. The van der Waals surface area contributed by atoms with Gasteiger partial charge in [0, 0.05) is 5.88 Å². The Morgan fingerprint density at radius 1 is 0.900 bits per heavy atom. The minimum atomic E-state index is 0.703. The maximum atomic E-state index is 5.70. The summed E-state index contributed by atoms with van der Waals surface area (Å²) in [4.78, 5) is 0. The van der Waals surface area contributed by atoms with Crippen molar-refractivity contribution in [2.24, 2.45) is 0 Å². The molecule has 0 heterocycles. The Morgan fingerprint density at radius 2 is 1.55 bits per heavy atom. The Balaban J connectivity index is 2.08. The molecule has 0 unspecified atom stereocenters. The zero-order chi connectivity index (χ0) is 14.4. The molecule has 2 aromatic carbocycles. The van der Waals surface area contributed by atoms with Crippen LogP contribution in [0.1, 0.15) is 24.0 Å². The van der Waals surface area contributed by atoms with Crippen LogP contribution in [0.5, 0.6) is 5.75 Å². The van der Waals surface area contributed by atoms with Crippen LogP contribution in [0.3, 0.4) is 0 Å². The van der Waals surface area contributed by atoms with Crippen LogP contribution in [0, 0.1) is 13.8 Å². The van der Waals surface area contributed by atoms with E-state index < -0.39 is 0 Å². The van der Waals surface area contributed by atoms with E-state index in [1.807, 2.05) is 12.1 Å². The third-order valence-electron chi connectivity index (χ3n) is 3.42. The van der Waals surface area contributed by atoms with Crippen molar-refractivity contribution in [1.29, 1.82) is 0 Å². The Bertz CT molecular complexity index is 526. The van der Waals surface area contributed by atoms with Crippen molar-refractivity contribution in [1.82, 2.24) is 0 Å². The number of aryl methyl sites for hydroxylation is 2. The number of rotatable bonds is 6. The quantitative estimate of drug-likeness (QED) is 0.513. The van der Waals surface area contributed by atoms with E-state index in [2.05, 4.69) is 44.2 Å². The molecule has 0 aliphatic rings. The second kappa shape index (κ2) is 7.35. The largest absolute Gasteiger partial charge is 0.494 e. The Hall–Kier alpha value is -1.47. The number of hydrogen-bond donors (Lipinski definition) is 0. The molecule has 0 aromatic heterocycles. The number of unbranched alkanes of at least 4 members (excludes halogenated alkanes) is 1. The molecule has 0 spiro atoms. The van der Waals surface area contributed by atoms with Crippen LogP contribution < -0.4 is 4.74 Å². The summed E-state index contributed by atoms with van der Waals surface area (Å²) < 4.78 is 5.70. The number of halogens is 1. The number of benzene rings is 2. The van der Waals surface area contributed by atoms with Crippen LogP contribution in [0.4, 0.5) is 0 Å². The third-order valence-corrected chi connectivity index (χ3v) is 3.69. The zero-order valence-electron chi connectivity index (χ0n) is 12.2. The smallest absolute Gasteiger partial charge is 0.119 e. The summed E-state index contributed by atoms with van der Waals surface area (Å²) in [5.74, 6) is 1.63. The van der Waals surface area contributed by atoms with Crippen molar-refractivity contribution in [3.05, 3.63) is 53.6 Å². The summed E-state index contributed by atoms with van der Waals surface area (Å²) >= 11 is 5.65. The first-order valence-electron chi connectivity index (χ1n) is 7.08. The van der Waals surface area contributed by atoms with Gasteiger partial charge in [-0.05, 0) is 61.1 Å². The summed E-state index contributed by atoms with van der Waals surface area (Å²) in [5.41, 5.74) is 5.18. The SMILES string of the molecule is Cc1cccc(C)c1-c1ccc(OCCCCCl)cc1. The Kier molecular flexibility index (Phi) is 5.49. The summed E-state index contributed by atoms with van der Waals surface area (Å²) in [6, 6.07) is 14.8. The van der Waals surface area contributed by atoms with Crippen molar-refractivity contribution in [3.63, 3.8) is 0 Å². The van der Waals surface area contributed by atoms with Crippen LogP contribution in [-0.2, 0) is 0 Å². The molecular weight excluding hydrogens is 268 g/mol. The van der Waals surface area contributed by atoms with E-state index in [1.165, 1.54) is 22.3 Å². The van der Waals surface area contributed by atoms with Gasteiger partial charge in [0.2, 0.25) is 0 Å². The van der Waals surface area contributed by atoms with Gasteiger partial charge in [0.25, 0.3) is 0 Å². The Labute approximate surface area is 126 Å². The first-order valence-corrected chi connectivity index (χ1v) is 7.61. The maximum Gasteiger partial charge on any atom is 0.119 e. The normalized spacial score (nSPS) is 10.6. The maximum absolute atomic E-state index is 5.70. The molecule has 0 radical (unpaired) electrons. The highest BCUT2D eigenvalue weighted by atomic mass is 35.5. The fourth-order valence-corrected chi connectivity index (χ4v) is 2.56. The molecule has 2 aromatic rings. The van der Waals surface area contributed by atoms with Crippen molar-refractivity contribution in [2.45, 2.75) is 26.7 Å². The minimum absolute atomic E-state index is 0.703. The predicted octanol–water partition coefficient (Wildman–Crippen LogP) is 5.37. The van der Waals surface area contributed by atoms with Gasteiger partial charge in [-0.2, -0.15) is 0 Å². The Morgan fingerprint density at radius 3 is 2.15 bits per heavy atom. The van der Waals surface area contributed by atoms with Crippen molar-refractivity contribution < 1.29 is 4.74 Å². The molecule has 0 aliphatic carbocycles. The monoisotopic (exact) mass is 288 g/mol. The van der Waals surface area contributed by atoms with Crippen LogP contribution in [0.15, 0.2) is 42.5 Å². The second-order valence-corrected chi connectivity index (χ2v) is 5.41. The predicted molar refractivity (Wildman–Crippen MR) is 86.8 cm³/mol. The highest BCUT2D eigenvalue weighted by Gasteiger charge is 2.05. The molecule has 106 valence electrons. The van der Waals surface area contributed by atoms with E-state index in [9.17, 15) is 0 Å². The van der Waals surface area contributed by atoms with Gasteiger partial charge in [-0.15, -0.1) is 11.6 Å². The molecule has 0 bridgehead atoms. The van der Waals surface area contributed by atoms with E-state index in [-0.39, 0.29) is 0 Å². The minimum Gasteiger partial charge on any atom is -0.494 e. The molecule has 0 aliphatic heterocycles. The summed E-state index contributed by atoms with van der Waals surface area (Å²) in [6.07, 6.45) is 2.00. The standard InChI is InChI=1S/C18H21ClO/c1-14-6-5-7-15(2)18(14)16-8-10-17(11-9-16)20-13-4-3-12-19/h5-11H,3-4,12-13H2,1-2H3. The molecule has 1 nitrogen and oxygen atoms in total. The summed E-state index contributed by atoms with van der Waals surface area (Å²) in [5, 5.41) is 0. The summed E-state index contributed by atoms with van der Waals surface area (Å²) in [6.45, 7) is 5.03. The molecule has 0 amide bonds. The molecule has 2 rings (SSSR count). The van der Waals surface area contributed by atoms with Gasteiger partial charge in [0.05, 0.1) is 6.61 Å². The lowest BCUT2D eigenvalue weighted by Gasteiger charge is -2.11. The molecular formula is C18H21ClO. The fraction of sp³-hybridized carbons (Fsp3) is 0.333. The van der Waals surface area contributed by atoms with Gasteiger partial charge in [-0.25, -0.2) is 0 Å². The number of alkyl halides is 1. The lowest BCUT2D eigenvalue weighted by atomic mass is 9.96. The molecule has 2 heteroatoms. The summed E-state index contributed by atoms with van der Waals surface area (Å²) in [7, 11) is 0. The lowest BCUT2D eigenvalue weighted by molar-refractivity contribution is 0.310. The van der Waals surface area contributed by atoms with Gasteiger partial charge in [0.15, 0.2) is 0 Å². The molecule has 0 atom stereocenters. The topological polar surface area (TPSA) is 9.23 Å². The zero-order valence-corrected chi connectivity index (χ0v) is 12.9. The van der Waals surface area contributed by atoms with Crippen LogP contribution in [0.2, 0.25) is 0 Å². The van der Waals surface area contributed by atoms with Gasteiger partial charge in [-0.3, -0.25) is 0 Å². The second-order valence-electron chi connectivity index (χ2n) is 5.04. The molecule has 20 heavy (non-hydrogen) atoms. The van der Waals surface area contributed by atoms with Gasteiger partial charge < -0.3 is 4.74 Å². The van der Waals surface area contributed by atoms with Crippen molar-refractivity contribution >= 4 is 11.6 Å². The third kappa shape index (κ3) is 3.77. The van der Waals surface area contributed by atoms with E-state index in [0.29, 0.717) is 5.88 Å². The average Bonchev–Trinajstić information content (AvgIpc) is 2.45. The van der Waals surface area contributed by atoms with Gasteiger partial charge in [-0.1, -0.05) is 30.3 Å². The number of hydrogen-bond acceptors (Lipinski definition) is 1. The van der Waals surface area contributed by atoms with Gasteiger partial charge >= 0.3 is 0 Å². The van der Waals surface area contributed by atoms with Crippen molar-refractivity contribution in [2.75, 3.05) is 12.5 Å². The van der Waals surface area contributed by atoms with Crippen LogP contribution in [0.25, 0.3) is 11.1 Å². The van der Waals surface area contributed by atoms with Crippen LogP contribution >= 0.6 is 11.6 Å². The first-order chi connectivity index (χ1) is 9.72. The van der Waals surface area contributed by atoms with Gasteiger partial charge in [0.1, 0.15) is 5.75 Å². The van der Waals surface area contributed by atoms with E-state index in [4.69, 9.17) is 16.3 Å². The highest BCUT2D eigenvalue weighted by molar-refractivity contribution is 6.17. The van der Waals surface area contributed by atoms with Crippen LogP contribution in [-0.4, -0.2) is 12.5 Å². The molecule has 0 saturated carbocycles.